The van der Waals surface area contributed by atoms with Gasteiger partial charge in [-0.05, 0) is 0 Å². The molecule has 0 aliphatic rings. The van der Waals surface area contributed by atoms with Gasteiger partial charge in [0, 0.05) is 12.1 Å². The maximum absolute atomic E-state index is 12.2. The first-order chi connectivity index (χ1) is 9.35. The number of alkyl halides is 3. The van der Waals surface area contributed by atoms with Crippen LogP contribution in [0, 0.1) is 0 Å². The predicted octanol–water partition coefficient (Wildman–Crippen LogP) is 2.25. The van der Waals surface area contributed by atoms with Gasteiger partial charge in [-0.3, -0.25) is 4.79 Å². The number of aromatic nitrogens is 2. The zero-order chi connectivity index (χ0) is 14.9. The summed E-state index contributed by atoms with van der Waals surface area (Å²) in [6.45, 7) is 0. The van der Waals surface area contributed by atoms with E-state index >= 15 is 0 Å². The highest BCUT2D eigenvalue weighted by Crippen LogP contribution is 2.31. The molecule has 0 spiro atoms. The number of rotatable bonds is 4. The molecule has 0 saturated carbocycles. The molecule has 0 bridgehead atoms. The largest absolute Gasteiger partial charge is 0.493 e. The van der Waals surface area contributed by atoms with E-state index in [0.29, 0.717) is 22.5 Å². The molecule has 0 fully saturated rings. The Bertz CT molecular complexity index is 608. The normalized spacial score (nSPS) is 11.7. The number of hydrogen-bond donors (Lipinski definition) is 1. The Hall–Kier alpha value is -2.25. The van der Waals surface area contributed by atoms with Crippen LogP contribution in [0.3, 0.4) is 0 Å². The lowest BCUT2D eigenvalue weighted by atomic mass is 10.3. The third-order valence-electron chi connectivity index (χ3n) is 2.68. The maximum atomic E-state index is 12.2. The van der Waals surface area contributed by atoms with Crippen LogP contribution in [0.25, 0.3) is 11.0 Å². The van der Waals surface area contributed by atoms with E-state index in [1.165, 1.54) is 20.3 Å². The van der Waals surface area contributed by atoms with Gasteiger partial charge < -0.3 is 14.5 Å². The fourth-order valence-corrected chi connectivity index (χ4v) is 1.73. The first-order valence-corrected chi connectivity index (χ1v) is 5.55. The fraction of sp³-hybridized carbons (Fsp3) is 0.333. The van der Waals surface area contributed by atoms with Crippen LogP contribution in [-0.4, -0.2) is 36.1 Å². The van der Waals surface area contributed by atoms with Crippen molar-refractivity contribution in [2.45, 2.75) is 12.6 Å². The van der Waals surface area contributed by atoms with Crippen LogP contribution in [0.15, 0.2) is 12.1 Å². The molecule has 108 valence electrons. The lowest BCUT2D eigenvalue weighted by Gasteiger charge is -2.06. The molecule has 2 rings (SSSR count). The zero-order valence-electron chi connectivity index (χ0n) is 10.7. The number of nitrogens with zero attached hydrogens (tertiary/aromatic N) is 1. The summed E-state index contributed by atoms with van der Waals surface area (Å²) in [5.74, 6) is -1.09. The minimum Gasteiger partial charge on any atom is -0.493 e. The summed E-state index contributed by atoms with van der Waals surface area (Å²) in [6, 6.07) is 3.06. The van der Waals surface area contributed by atoms with Crippen LogP contribution in [0.4, 0.5) is 13.2 Å². The molecule has 5 nitrogen and oxygen atoms in total. The quantitative estimate of drug-likeness (QED) is 0.937. The van der Waals surface area contributed by atoms with Crippen molar-refractivity contribution >= 4 is 16.8 Å². The molecule has 0 amide bonds. The molecule has 20 heavy (non-hydrogen) atoms. The first-order valence-electron chi connectivity index (χ1n) is 5.55. The number of carbonyl (C=O) groups excluding carboxylic acids is 1. The highest BCUT2D eigenvalue weighted by atomic mass is 19.4. The average molecular weight is 288 g/mol. The number of hydrogen-bond acceptors (Lipinski definition) is 4. The molecule has 2 aromatic rings. The van der Waals surface area contributed by atoms with E-state index in [1.807, 2.05) is 0 Å². The summed E-state index contributed by atoms with van der Waals surface area (Å²) in [7, 11) is 2.87. The molecule has 0 aliphatic heterocycles. The molecule has 1 aromatic heterocycles. The Labute approximate surface area is 111 Å². The molecular weight excluding hydrogens is 277 g/mol. The van der Waals surface area contributed by atoms with E-state index in [9.17, 15) is 18.0 Å². The van der Waals surface area contributed by atoms with Gasteiger partial charge in [0.25, 0.3) is 0 Å². The number of ether oxygens (including phenoxy) is 2. The first kappa shape index (κ1) is 14.2. The van der Waals surface area contributed by atoms with Crippen LogP contribution in [0.2, 0.25) is 0 Å². The molecule has 1 aromatic carbocycles. The van der Waals surface area contributed by atoms with Gasteiger partial charge in [-0.15, -0.1) is 0 Å². The van der Waals surface area contributed by atoms with Gasteiger partial charge in [0.15, 0.2) is 11.5 Å². The minimum atomic E-state index is -4.87. The minimum absolute atomic E-state index is 0.0577. The number of H-pyrrole nitrogens is 1. The van der Waals surface area contributed by atoms with Gasteiger partial charge in [-0.2, -0.15) is 13.2 Å². The van der Waals surface area contributed by atoms with E-state index in [4.69, 9.17) is 9.47 Å². The zero-order valence-corrected chi connectivity index (χ0v) is 10.7. The third kappa shape index (κ3) is 2.68. The molecule has 0 unspecified atom stereocenters. The highest BCUT2D eigenvalue weighted by molar-refractivity contribution is 5.87. The van der Waals surface area contributed by atoms with Crippen molar-refractivity contribution in [1.29, 1.82) is 0 Å². The van der Waals surface area contributed by atoms with Crippen molar-refractivity contribution in [2.24, 2.45) is 0 Å². The highest BCUT2D eigenvalue weighted by Gasteiger charge is 2.38. The van der Waals surface area contributed by atoms with Crippen LogP contribution in [0.1, 0.15) is 5.82 Å². The summed E-state index contributed by atoms with van der Waals surface area (Å²) in [5.41, 5.74) is 0.861. The average Bonchev–Trinajstić information content (AvgIpc) is 2.76. The Morgan fingerprint density at radius 1 is 1.25 bits per heavy atom. The fourth-order valence-electron chi connectivity index (χ4n) is 1.73. The number of fused-ring (bicyclic) bond motifs is 1. The Kier molecular flexibility index (Phi) is 3.56. The Balaban J connectivity index is 2.36. The number of halogens is 3. The maximum Gasteiger partial charge on any atom is 0.450 e. The van der Waals surface area contributed by atoms with Crippen LogP contribution >= 0.6 is 0 Å². The summed E-state index contributed by atoms with van der Waals surface area (Å²) in [5, 5.41) is 0. The molecular formula is C12H11F3N2O3. The number of Topliss-reactive ketones (excluding diaryl/α,β-unsaturated/α-hetero) is 1. The van der Waals surface area contributed by atoms with E-state index in [1.54, 1.807) is 6.07 Å². The standard InChI is InChI=1S/C12H11F3N2O3/c1-19-8-3-6-7(4-9(8)20-2)17-11(16-6)5-10(18)12(13,14)15/h3-4H,5H2,1-2H3,(H,16,17). The molecule has 0 saturated heterocycles. The van der Waals surface area contributed by atoms with Gasteiger partial charge in [0.1, 0.15) is 5.82 Å². The SMILES string of the molecule is COc1cc2nc(CC(=O)C(F)(F)F)[nH]c2cc1OC. The lowest BCUT2D eigenvalue weighted by molar-refractivity contribution is -0.170. The van der Waals surface area contributed by atoms with Crippen LogP contribution in [0.5, 0.6) is 11.5 Å². The van der Waals surface area contributed by atoms with Gasteiger partial charge >= 0.3 is 6.18 Å². The smallest absolute Gasteiger partial charge is 0.450 e. The van der Waals surface area contributed by atoms with Crippen molar-refractivity contribution in [2.75, 3.05) is 14.2 Å². The van der Waals surface area contributed by atoms with Crippen molar-refractivity contribution < 1.29 is 27.4 Å². The van der Waals surface area contributed by atoms with Crippen LogP contribution in [-0.2, 0) is 11.2 Å². The molecule has 1 heterocycles. The summed E-state index contributed by atoms with van der Waals surface area (Å²) < 4.78 is 46.7. The summed E-state index contributed by atoms with van der Waals surface area (Å²) >= 11 is 0. The van der Waals surface area contributed by atoms with Gasteiger partial charge in [0.05, 0.1) is 31.7 Å². The van der Waals surface area contributed by atoms with Crippen molar-refractivity contribution in [3.8, 4) is 11.5 Å². The number of benzene rings is 1. The van der Waals surface area contributed by atoms with E-state index in [2.05, 4.69) is 9.97 Å². The topological polar surface area (TPSA) is 64.2 Å². The number of imidazole rings is 1. The lowest BCUT2D eigenvalue weighted by Crippen LogP contribution is -2.24. The van der Waals surface area contributed by atoms with Gasteiger partial charge in [-0.1, -0.05) is 0 Å². The van der Waals surface area contributed by atoms with Crippen LogP contribution < -0.4 is 9.47 Å². The summed E-state index contributed by atoms with van der Waals surface area (Å²) in [6.07, 6.45) is -5.70. The Morgan fingerprint density at radius 2 is 1.85 bits per heavy atom. The van der Waals surface area contributed by atoms with Gasteiger partial charge in [0.2, 0.25) is 5.78 Å². The second-order valence-electron chi connectivity index (χ2n) is 4.01. The van der Waals surface area contributed by atoms with E-state index in [0.717, 1.165) is 0 Å². The molecule has 0 radical (unpaired) electrons. The van der Waals surface area contributed by atoms with E-state index in [-0.39, 0.29) is 5.82 Å². The second kappa shape index (κ2) is 5.03. The molecule has 1 N–H and O–H groups in total. The number of ketones is 1. The second-order valence-corrected chi connectivity index (χ2v) is 4.01. The van der Waals surface area contributed by atoms with Gasteiger partial charge in [-0.25, -0.2) is 4.98 Å². The Morgan fingerprint density at radius 3 is 2.40 bits per heavy atom. The predicted molar refractivity (Wildman–Crippen MR) is 64.0 cm³/mol. The summed E-state index contributed by atoms with van der Waals surface area (Å²) in [4.78, 5) is 17.5. The van der Waals surface area contributed by atoms with Crippen molar-refractivity contribution in [1.82, 2.24) is 9.97 Å². The molecule has 0 atom stereocenters. The molecule has 8 heteroatoms. The monoisotopic (exact) mass is 288 g/mol. The third-order valence-corrected chi connectivity index (χ3v) is 2.68. The van der Waals surface area contributed by atoms with E-state index < -0.39 is 18.4 Å². The van der Waals surface area contributed by atoms with Crippen molar-refractivity contribution in [3.05, 3.63) is 18.0 Å². The number of methoxy groups -OCH3 is 2. The molecule has 0 aliphatic carbocycles. The van der Waals surface area contributed by atoms with Crippen molar-refractivity contribution in [3.63, 3.8) is 0 Å². The number of nitrogens with one attached hydrogen (secondary N) is 1. The number of aromatic amines is 1. The number of carbonyl (C=O) groups is 1.